The van der Waals surface area contributed by atoms with Crippen LogP contribution in [0.3, 0.4) is 0 Å². The Bertz CT molecular complexity index is 551. The minimum absolute atomic E-state index is 0.500. The van der Waals surface area contributed by atoms with E-state index < -0.39 is 0 Å². The topological polar surface area (TPSA) is 37.8 Å². The molecule has 3 heteroatoms. The van der Waals surface area contributed by atoms with Gasteiger partial charge in [-0.25, -0.2) is 0 Å². The van der Waals surface area contributed by atoms with Crippen molar-refractivity contribution in [3.63, 3.8) is 0 Å². The molecule has 0 saturated carbocycles. The minimum Gasteiger partial charge on any atom is -0.314 e. The number of benzene rings is 1. The smallest absolute Gasteiger partial charge is 0.0725 e. The number of hydrogen-bond acceptors (Lipinski definition) is 3. The van der Waals surface area contributed by atoms with Gasteiger partial charge in [-0.15, -0.1) is 0 Å². The minimum atomic E-state index is 0.500. The van der Waals surface area contributed by atoms with Crippen molar-refractivity contribution >= 4 is 10.8 Å². The summed E-state index contributed by atoms with van der Waals surface area (Å²) in [6, 6.07) is 8.95. The van der Waals surface area contributed by atoms with Gasteiger partial charge in [-0.3, -0.25) is 0 Å². The van der Waals surface area contributed by atoms with Crippen LogP contribution in [-0.2, 0) is 6.42 Å². The van der Waals surface area contributed by atoms with Gasteiger partial charge in [0.05, 0.1) is 11.4 Å². The number of fused-ring (bicyclic) bond motifs is 1. The zero-order valence-corrected chi connectivity index (χ0v) is 12.8. The molecule has 3 nitrogen and oxygen atoms in total. The first-order valence-electron chi connectivity index (χ1n) is 7.70. The molecule has 0 bridgehead atoms. The Kier molecular flexibility index (Phi) is 5.48. The molecule has 20 heavy (non-hydrogen) atoms. The largest absolute Gasteiger partial charge is 0.314 e. The van der Waals surface area contributed by atoms with Crippen molar-refractivity contribution in [1.82, 2.24) is 15.5 Å². The lowest BCUT2D eigenvalue weighted by atomic mass is 10.0. The quantitative estimate of drug-likeness (QED) is 0.835. The van der Waals surface area contributed by atoms with Crippen molar-refractivity contribution in [1.29, 1.82) is 0 Å². The van der Waals surface area contributed by atoms with Gasteiger partial charge in [-0.05, 0) is 26.3 Å². The maximum atomic E-state index is 4.45. The fourth-order valence-electron chi connectivity index (χ4n) is 2.65. The average Bonchev–Trinajstić information content (AvgIpc) is 2.48. The van der Waals surface area contributed by atoms with Crippen molar-refractivity contribution < 1.29 is 0 Å². The monoisotopic (exact) mass is 271 g/mol. The standard InChI is InChI=1S/C17H25N3/c1-4-8-14(18-11-5-2)12-17-16-10-7-6-9-15(16)13(3)19-20-17/h6-7,9-10,14,18H,4-5,8,11-12H2,1-3H3. The molecule has 0 saturated heterocycles. The van der Waals surface area contributed by atoms with Crippen LogP contribution < -0.4 is 5.32 Å². The van der Waals surface area contributed by atoms with Crippen molar-refractivity contribution in [2.24, 2.45) is 0 Å². The number of nitrogens with one attached hydrogen (secondary N) is 1. The summed E-state index contributed by atoms with van der Waals surface area (Å²) in [5.74, 6) is 0. The van der Waals surface area contributed by atoms with E-state index in [1.54, 1.807) is 0 Å². The van der Waals surface area contributed by atoms with Crippen LogP contribution in [0.1, 0.15) is 44.5 Å². The molecule has 0 radical (unpaired) electrons. The molecule has 0 amide bonds. The molecule has 0 spiro atoms. The fourth-order valence-corrected chi connectivity index (χ4v) is 2.65. The van der Waals surface area contributed by atoms with Crippen LogP contribution in [0.2, 0.25) is 0 Å². The lowest BCUT2D eigenvalue weighted by Crippen LogP contribution is -2.32. The fraction of sp³-hybridized carbons (Fsp3) is 0.529. The summed E-state index contributed by atoms with van der Waals surface area (Å²) >= 11 is 0. The highest BCUT2D eigenvalue weighted by atomic mass is 15.1. The maximum Gasteiger partial charge on any atom is 0.0725 e. The van der Waals surface area contributed by atoms with Crippen LogP contribution in [0.4, 0.5) is 0 Å². The molecule has 2 rings (SSSR count). The number of hydrogen-bond donors (Lipinski definition) is 1. The third-order valence-electron chi connectivity index (χ3n) is 3.71. The average molecular weight is 271 g/mol. The molecule has 108 valence electrons. The van der Waals surface area contributed by atoms with Crippen LogP contribution >= 0.6 is 0 Å². The van der Waals surface area contributed by atoms with Gasteiger partial charge < -0.3 is 5.32 Å². The van der Waals surface area contributed by atoms with Gasteiger partial charge in [0.15, 0.2) is 0 Å². The van der Waals surface area contributed by atoms with Gasteiger partial charge in [-0.1, -0.05) is 44.5 Å². The first-order chi connectivity index (χ1) is 9.76. The first kappa shape index (κ1) is 14.9. The normalized spacial score (nSPS) is 12.8. The van der Waals surface area contributed by atoms with E-state index in [2.05, 4.69) is 53.6 Å². The second kappa shape index (κ2) is 7.34. The predicted molar refractivity (Wildman–Crippen MR) is 85.0 cm³/mol. The molecule has 1 aromatic heterocycles. The molecule has 0 aliphatic heterocycles. The summed E-state index contributed by atoms with van der Waals surface area (Å²) in [6.45, 7) is 7.54. The second-order valence-corrected chi connectivity index (χ2v) is 5.42. The highest BCUT2D eigenvalue weighted by Gasteiger charge is 2.12. The first-order valence-corrected chi connectivity index (χ1v) is 7.70. The SMILES string of the molecule is CCCNC(CCC)Cc1nnc(C)c2ccccc12. The molecular formula is C17H25N3. The summed E-state index contributed by atoms with van der Waals surface area (Å²) in [6.07, 6.45) is 4.50. The van der Waals surface area contributed by atoms with Crippen molar-refractivity contribution in [2.45, 2.75) is 52.5 Å². The van der Waals surface area contributed by atoms with Gasteiger partial charge in [0.25, 0.3) is 0 Å². The Labute approximate surface area is 121 Å². The van der Waals surface area contributed by atoms with Gasteiger partial charge in [0.1, 0.15) is 0 Å². The summed E-state index contributed by atoms with van der Waals surface area (Å²) in [7, 11) is 0. The maximum absolute atomic E-state index is 4.45. The predicted octanol–water partition coefficient (Wildman–Crippen LogP) is 3.65. The number of rotatable bonds is 7. The lowest BCUT2D eigenvalue weighted by Gasteiger charge is -2.18. The number of aryl methyl sites for hydroxylation is 1. The number of nitrogens with zero attached hydrogens (tertiary/aromatic N) is 2. The zero-order valence-electron chi connectivity index (χ0n) is 12.8. The number of aromatic nitrogens is 2. The summed E-state index contributed by atoms with van der Waals surface area (Å²) in [5, 5.41) is 14.9. The summed E-state index contributed by atoms with van der Waals surface area (Å²) in [5.41, 5.74) is 2.13. The molecule has 2 aromatic rings. The van der Waals surface area contributed by atoms with E-state index in [4.69, 9.17) is 0 Å². The van der Waals surface area contributed by atoms with Crippen LogP contribution in [0.5, 0.6) is 0 Å². The van der Waals surface area contributed by atoms with Gasteiger partial charge >= 0.3 is 0 Å². The van der Waals surface area contributed by atoms with Crippen LogP contribution in [0.25, 0.3) is 10.8 Å². The third-order valence-corrected chi connectivity index (χ3v) is 3.71. The third kappa shape index (κ3) is 3.54. The molecule has 0 fully saturated rings. The lowest BCUT2D eigenvalue weighted by molar-refractivity contribution is 0.469. The van der Waals surface area contributed by atoms with E-state index in [1.165, 1.54) is 30.0 Å². The van der Waals surface area contributed by atoms with E-state index in [9.17, 15) is 0 Å². The Morgan fingerprint density at radius 1 is 1.05 bits per heavy atom. The zero-order chi connectivity index (χ0) is 14.4. The molecule has 1 heterocycles. The van der Waals surface area contributed by atoms with Crippen LogP contribution in [-0.4, -0.2) is 22.8 Å². The molecule has 1 N–H and O–H groups in total. The van der Waals surface area contributed by atoms with Crippen molar-refractivity contribution in [2.75, 3.05) is 6.54 Å². The van der Waals surface area contributed by atoms with E-state index >= 15 is 0 Å². The Morgan fingerprint density at radius 3 is 2.50 bits per heavy atom. The highest BCUT2D eigenvalue weighted by Crippen LogP contribution is 2.20. The van der Waals surface area contributed by atoms with Crippen LogP contribution in [0, 0.1) is 6.92 Å². The van der Waals surface area contributed by atoms with Crippen molar-refractivity contribution in [3.8, 4) is 0 Å². The molecule has 0 aliphatic rings. The molecule has 1 aromatic carbocycles. The van der Waals surface area contributed by atoms with Gasteiger partial charge in [-0.2, -0.15) is 10.2 Å². The van der Waals surface area contributed by atoms with Gasteiger partial charge in [0.2, 0.25) is 0 Å². The van der Waals surface area contributed by atoms with Crippen LogP contribution in [0.15, 0.2) is 24.3 Å². The Balaban J connectivity index is 2.25. The second-order valence-electron chi connectivity index (χ2n) is 5.42. The molecule has 1 atom stereocenters. The molecule has 0 aliphatic carbocycles. The Morgan fingerprint density at radius 2 is 1.80 bits per heavy atom. The van der Waals surface area contributed by atoms with E-state index in [-0.39, 0.29) is 0 Å². The Hall–Kier alpha value is -1.48. The van der Waals surface area contributed by atoms with E-state index in [1.807, 2.05) is 6.92 Å². The molecular weight excluding hydrogens is 246 g/mol. The van der Waals surface area contributed by atoms with Crippen molar-refractivity contribution in [3.05, 3.63) is 35.7 Å². The van der Waals surface area contributed by atoms with Gasteiger partial charge in [0, 0.05) is 23.2 Å². The molecule has 1 unspecified atom stereocenters. The van der Waals surface area contributed by atoms with E-state index in [0.717, 1.165) is 24.4 Å². The summed E-state index contributed by atoms with van der Waals surface area (Å²) < 4.78 is 0. The summed E-state index contributed by atoms with van der Waals surface area (Å²) in [4.78, 5) is 0. The van der Waals surface area contributed by atoms with E-state index in [0.29, 0.717) is 6.04 Å². The highest BCUT2D eigenvalue weighted by molar-refractivity contribution is 5.86.